The Balaban J connectivity index is 0.000000280. The molecule has 0 aromatic heterocycles. The van der Waals surface area contributed by atoms with Gasteiger partial charge in [-0.3, -0.25) is 0 Å². The van der Waals surface area contributed by atoms with E-state index in [1.165, 1.54) is 0 Å². The molecule has 2 N–H and O–H groups in total. The number of rotatable bonds is 6. The number of ether oxygens (including phenoxy) is 2. The molecule has 4 nitrogen and oxygen atoms in total. The number of halogens is 1. The van der Waals surface area contributed by atoms with E-state index >= 15 is 0 Å². The van der Waals surface area contributed by atoms with Gasteiger partial charge in [0.1, 0.15) is 6.10 Å². The molecule has 28 heavy (non-hydrogen) atoms. The van der Waals surface area contributed by atoms with E-state index in [-0.39, 0.29) is 30.3 Å². The lowest BCUT2D eigenvalue weighted by atomic mass is 9.98. The number of aliphatic hydroxyl groups excluding tert-OH is 2. The summed E-state index contributed by atoms with van der Waals surface area (Å²) in [4.78, 5) is 0. The molecule has 7 heteroatoms. The van der Waals surface area contributed by atoms with Gasteiger partial charge in [0.05, 0.1) is 30.5 Å². The van der Waals surface area contributed by atoms with Gasteiger partial charge in [-0.25, -0.2) is 4.39 Å². The van der Waals surface area contributed by atoms with E-state index in [2.05, 4.69) is 46.2 Å². The molecular weight excluding hydrogens is 397 g/mol. The second-order valence-corrected chi connectivity index (χ2v) is 18.6. The lowest BCUT2D eigenvalue weighted by Gasteiger charge is -2.18. The highest BCUT2D eigenvalue weighted by molar-refractivity contribution is 7.72. The summed E-state index contributed by atoms with van der Waals surface area (Å²) in [6.45, 7) is 12.4. The Labute approximate surface area is 172 Å². The number of aliphatic hydroxyl groups is 2. The summed E-state index contributed by atoms with van der Waals surface area (Å²) in [6.07, 6.45) is 8.94. The molecule has 2 fully saturated rings. The molecule has 0 saturated carbocycles. The molecule has 2 rings (SSSR count). The van der Waals surface area contributed by atoms with Crippen molar-refractivity contribution in [2.24, 2.45) is 5.92 Å². The molecule has 0 aliphatic carbocycles. The molecular formula is C21H43FO4P2. The lowest BCUT2D eigenvalue weighted by molar-refractivity contribution is 0.0150. The fraction of sp³-hybridized carbons (Fsp3) is 0.905. The fourth-order valence-corrected chi connectivity index (χ4v) is 5.35. The van der Waals surface area contributed by atoms with E-state index in [0.29, 0.717) is 0 Å². The van der Waals surface area contributed by atoms with Crippen LogP contribution in [0.3, 0.4) is 0 Å². The van der Waals surface area contributed by atoms with Crippen LogP contribution in [-0.2, 0) is 9.47 Å². The molecule has 2 aliphatic rings. The van der Waals surface area contributed by atoms with Crippen molar-refractivity contribution in [3.63, 3.8) is 0 Å². The quantitative estimate of drug-likeness (QED) is 0.622. The molecule has 0 aromatic carbocycles. The van der Waals surface area contributed by atoms with Gasteiger partial charge in [0.2, 0.25) is 0 Å². The van der Waals surface area contributed by atoms with Crippen molar-refractivity contribution in [2.75, 3.05) is 39.0 Å². The van der Waals surface area contributed by atoms with Crippen LogP contribution in [0.25, 0.3) is 0 Å². The van der Waals surface area contributed by atoms with E-state index < -0.39 is 32.2 Å². The molecule has 8 atom stereocenters. The Bertz CT molecular complexity index is 523. The molecule has 0 spiro atoms. The highest BCUT2D eigenvalue weighted by Gasteiger charge is 2.41. The summed E-state index contributed by atoms with van der Waals surface area (Å²) < 4.78 is 24.3. The second-order valence-electron chi connectivity index (χ2n) is 9.94. The summed E-state index contributed by atoms with van der Waals surface area (Å²) in [5.74, 6) is 0.270. The Kier molecular flexibility index (Phi) is 10.00. The summed E-state index contributed by atoms with van der Waals surface area (Å²) in [5, 5.41) is 19.4. The maximum Gasteiger partial charge on any atom is 0.154 e. The Hall–Kier alpha value is 0.370. The van der Waals surface area contributed by atoms with E-state index in [9.17, 15) is 14.6 Å². The van der Waals surface area contributed by atoms with Crippen molar-refractivity contribution in [1.29, 1.82) is 0 Å². The van der Waals surface area contributed by atoms with Crippen molar-refractivity contribution < 1.29 is 24.1 Å². The van der Waals surface area contributed by atoms with Crippen molar-refractivity contribution in [3.8, 4) is 0 Å². The topological polar surface area (TPSA) is 58.9 Å². The molecule has 0 bridgehead atoms. The van der Waals surface area contributed by atoms with Crippen LogP contribution in [0.1, 0.15) is 33.6 Å². The molecule has 2 aliphatic heterocycles. The standard InChI is InChI=1S/C11H23O2P.C10H20FO2P/c1-8-9(2)13-10(11(8)12)6-7-14(3,4)5;1-7-9(11)10(12)8(13-7)5-6-14(2,3)4/h8-12H,3,6-7H2,1-2,4-5H3;7-10,12H,2,5-6H2,1,3-4H3/t8?,9-,10+,11-;7-,8+,9?,10+/m00/s1. The van der Waals surface area contributed by atoms with Gasteiger partial charge < -0.3 is 19.7 Å². The van der Waals surface area contributed by atoms with Crippen LogP contribution in [0.2, 0.25) is 0 Å². The minimum atomic E-state index is -1.23. The monoisotopic (exact) mass is 440 g/mol. The number of alkyl halides is 1. The molecule has 168 valence electrons. The van der Waals surface area contributed by atoms with Crippen LogP contribution in [0.15, 0.2) is 0 Å². The first kappa shape index (κ1) is 26.4. The van der Waals surface area contributed by atoms with Crippen molar-refractivity contribution in [3.05, 3.63) is 0 Å². The van der Waals surface area contributed by atoms with Crippen molar-refractivity contribution >= 4 is 26.4 Å². The van der Waals surface area contributed by atoms with Gasteiger partial charge in [-0.2, -0.15) is 0 Å². The van der Waals surface area contributed by atoms with Gasteiger partial charge >= 0.3 is 0 Å². The molecule has 0 amide bonds. The molecule has 2 saturated heterocycles. The van der Waals surface area contributed by atoms with Crippen LogP contribution in [0.4, 0.5) is 4.39 Å². The van der Waals surface area contributed by atoms with Crippen LogP contribution in [0.5, 0.6) is 0 Å². The van der Waals surface area contributed by atoms with Gasteiger partial charge in [-0.1, -0.05) is 6.92 Å². The minimum absolute atomic E-state index is 0.0426. The normalized spacial score (nSPS) is 38.9. The molecule has 0 radical (unpaired) electrons. The van der Waals surface area contributed by atoms with Crippen LogP contribution < -0.4 is 0 Å². The molecule has 0 aromatic rings. The summed E-state index contributed by atoms with van der Waals surface area (Å²) >= 11 is 0. The Morgan fingerprint density at radius 1 is 0.786 bits per heavy atom. The predicted octanol–water partition coefficient (Wildman–Crippen LogP) is 3.44. The van der Waals surface area contributed by atoms with Crippen LogP contribution in [0, 0.1) is 5.92 Å². The third-order valence-electron chi connectivity index (χ3n) is 5.63. The fourth-order valence-electron chi connectivity index (χ4n) is 3.44. The highest BCUT2D eigenvalue weighted by Crippen LogP contribution is 2.39. The van der Waals surface area contributed by atoms with Crippen LogP contribution >= 0.6 is 13.8 Å². The van der Waals surface area contributed by atoms with E-state index in [1.807, 2.05) is 6.92 Å². The molecule has 2 heterocycles. The van der Waals surface area contributed by atoms with E-state index in [0.717, 1.165) is 25.2 Å². The van der Waals surface area contributed by atoms with Gasteiger partial charge in [0.15, 0.2) is 6.17 Å². The van der Waals surface area contributed by atoms with Crippen LogP contribution in [-0.4, -0.2) is 105 Å². The largest absolute Gasteiger partial charge is 0.390 e. The zero-order valence-corrected chi connectivity index (χ0v) is 20.6. The first-order chi connectivity index (χ1) is 12.6. The lowest BCUT2D eigenvalue weighted by Crippen LogP contribution is -2.28. The average molecular weight is 441 g/mol. The minimum Gasteiger partial charge on any atom is -0.390 e. The summed E-state index contributed by atoms with van der Waals surface area (Å²) in [6, 6.07) is 0. The summed E-state index contributed by atoms with van der Waals surface area (Å²) in [7, 11) is 0. The second kappa shape index (κ2) is 10.6. The molecule has 2 unspecified atom stereocenters. The zero-order valence-electron chi connectivity index (χ0n) is 18.8. The zero-order chi connectivity index (χ0) is 21.9. The third-order valence-corrected chi connectivity index (χ3v) is 8.57. The van der Waals surface area contributed by atoms with E-state index in [4.69, 9.17) is 9.47 Å². The average Bonchev–Trinajstić information content (AvgIpc) is 2.95. The Morgan fingerprint density at radius 3 is 1.46 bits per heavy atom. The van der Waals surface area contributed by atoms with Crippen molar-refractivity contribution in [1.82, 2.24) is 0 Å². The smallest absolute Gasteiger partial charge is 0.154 e. The van der Waals surface area contributed by atoms with Crippen molar-refractivity contribution in [2.45, 2.75) is 76.4 Å². The predicted molar refractivity (Wildman–Crippen MR) is 125 cm³/mol. The third kappa shape index (κ3) is 8.62. The maximum absolute atomic E-state index is 13.2. The SMILES string of the molecule is C=P(C)(C)CC[C@H]1O[C@@H](C)C(C)[C@@H]1O.C=P(C)(C)CC[C@H]1O[C@@H](C)C(F)[C@@H]1O. The number of hydrogen-bond donors (Lipinski definition) is 2. The van der Waals surface area contributed by atoms with Gasteiger partial charge in [0, 0.05) is 5.92 Å². The van der Waals surface area contributed by atoms with E-state index in [1.54, 1.807) is 6.92 Å². The first-order valence-electron chi connectivity index (χ1n) is 10.3. The maximum atomic E-state index is 13.2. The Morgan fingerprint density at radius 2 is 1.18 bits per heavy atom. The number of hydrogen-bond acceptors (Lipinski definition) is 4. The van der Waals surface area contributed by atoms with Gasteiger partial charge in [0.25, 0.3) is 0 Å². The van der Waals surface area contributed by atoms with Gasteiger partial charge in [-0.05, 0) is 65.7 Å². The first-order valence-corrected chi connectivity index (χ1v) is 16.4. The summed E-state index contributed by atoms with van der Waals surface area (Å²) in [5.41, 5.74) is 0. The van der Waals surface area contributed by atoms with Gasteiger partial charge in [-0.15, -0.1) is 26.4 Å². The highest BCUT2D eigenvalue weighted by atomic mass is 31.2.